The van der Waals surface area contributed by atoms with Gasteiger partial charge in [-0.25, -0.2) is 0 Å². The quantitative estimate of drug-likeness (QED) is 0.364. The van der Waals surface area contributed by atoms with Crippen molar-refractivity contribution in [3.8, 4) is 0 Å². The SMILES string of the molecule is BCC(=O)Br. The zero-order valence-corrected chi connectivity index (χ0v) is 4.58. The Labute approximate surface area is 40.3 Å². The van der Waals surface area contributed by atoms with Gasteiger partial charge in [0, 0.05) is 0 Å². The number of hydrogen-bond donors (Lipinski definition) is 0. The molecule has 0 aromatic heterocycles. The minimum atomic E-state index is 0.0671. The van der Waals surface area contributed by atoms with E-state index in [2.05, 4.69) is 15.9 Å². The molecule has 0 heterocycles. The minimum Gasteiger partial charge on any atom is -0.288 e. The molecule has 0 amide bonds. The molecule has 0 aliphatic rings. The van der Waals surface area contributed by atoms with Gasteiger partial charge < -0.3 is 0 Å². The fraction of sp³-hybridized carbons (Fsp3) is 0.500. The molecule has 0 aromatic carbocycles. The third kappa shape index (κ3) is 4.21. The van der Waals surface area contributed by atoms with Crippen LogP contribution in [0.15, 0.2) is 0 Å². The number of carbonyl (C=O) groups excluding carboxylic acids is 1. The van der Waals surface area contributed by atoms with Gasteiger partial charge in [0.1, 0.15) is 7.85 Å². The summed E-state index contributed by atoms with van der Waals surface area (Å²) in [6, 6.07) is 0. The summed E-state index contributed by atoms with van der Waals surface area (Å²) in [5, 5.41) is 0. The predicted octanol–water partition coefficient (Wildman–Crippen LogP) is -0.0407. The number of rotatable bonds is 1. The van der Waals surface area contributed by atoms with Gasteiger partial charge in [0.15, 0.2) is 4.69 Å². The van der Waals surface area contributed by atoms with Crippen molar-refractivity contribution in [1.82, 2.24) is 0 Å². The highest BCUT2D eigenvalue weighted by Crippen LogP contribution is 1.84. The Bertz CT molecular complexity index is 44.9. The Morgan fingerprint density at radius 3 is 2.20 bits per heavy atom. The molecule has 0 fully saturated rings. The summed E-state index contributed by atoms with van der Waals surface area (Å²) in [5.41, 5.74) is 0. The molecule has 0 saturated heterocycles. The summed E-state index contributed by atoms with van der Waals surface area (Å²) in [4.78, 5) is 9.73. The Morgan fingerprint density at radius 2 is 2.20 bits per heavy atom. The zero-order chi connectivity index (χ0) is 4.28. The van der Waals surface area contributed by atoms with Gasteiger partial charge in [0.25, 0.3) is 0 Å². The highest BCUT2D eigenvalue weighted by atomic mass is 79.9. The minimum absolute atomic E-state index is 0.0671. The first-order valence-corrected chi connectivity index (χ1v) is 2.25. The van der Waals surface area contributed by atoms with Gasteiger partial charge in [0.05, 0.1) is 0 Å². The number of carbonyl (C=O) groups is 1. The fourth-order valence-corrected chi connectivity index (χ4v) is 0. The van der Waals surface area contributed by atoms with Gasteiger partial charge in [-0.3, -0.25) is 4.79 Å². The first-order valence-electron chi connectivity index (χ1n) is 1.45. The van der Waals surface area contributed by atoms with E-state index in [-0.39, 0.29) is 4.69 Å². The molecule has 0 rings (SSSR count). The van der Waals surface area contributed by atoms with Crippen LogP contribution in [-0.4, -0.2) is 12.5 Å². The van der Waals surface area contributed by atoms with Crippen molar-refractivity contribution in [1.29, 1.82) is 0 Å². The lowest BCUT2D eigenvalue weighted by molar-refractivity contribution is -0.108. The lowest BCUT2D eigenvalue weighted by Crippen LogP contribution is -1.76. The molecule has 5 heavy (non-hydrogen) atoms. The van der Waals surface area contributed by atoms with Crippen molar-refractivity contribution in [2.24, 2.45) is 0 Å². The highest BCUT2D eigenvalue weighted by molar-refractivity contribution is 9.18. The largest absolute Gasteiger partial charge is 0.288 e. The topological polar surface area (TPSA) is 17.1 Å². The molecule has 28 valence electrons. The average molecular weight is 135 g/mol. The molecule has 0 aromatic rings. The molecule has 1 nitrogen and oxygen atoms in total. The maximum Gasteiger partial charge on any atom is 0.190 e. The molecule has 0 N–H and O–H groups in total. The summed E-state index contributed by atoms with van der Waals surface area (Å²) in [6.45, 7) is 0. The lowest BCUT2D eigenvalue weighted by atomic mass is 10.1. The predicted molar refractivity (Wildman–Crippen MR) is 27.3 cm³/mol. The summed E-state index contributed by atoms with van der Waals surface area (Å²) >= 11 is 2.73. The van der Waals surface area contributed by atoms with Crippen LogP contribution in [0.2, 0.25) is 6.32 Å². The highest BCUT2D eigenvalue weighted by Gasteiger charge is 1.80. The van der Waals surface area contributed by atoms with E-state index in [0.717, 1.165) is 0 Å². The molecule has 0 saturated carbocycles. The van der Waals surface area contributed by atoms with E-state index in [1.807, 2.05) is 0 Å². The van der Waals surface area contributed by atoms with Crippen LogP contribution in [0.1, 0.15) is 0 Å². The van der Waals surface area contributed by atoms with Crippen molar-refractivity contribution in [3.63, 3.8) is 0 Å². The van der Waals surface area contributed by atoms with Gasteiger partial charge in [-0.2, -0.15) is 0 Å². The summed E-state index contributed by atoms with van der Waals surface area (Å²) in [6.07, 6.45) is 0.583. The molecule has 0 unspecified atom stereocenters. The first kappa shape index (κ1) is 5.21. The molecule has 0 spiro atoms. The maximum atomic E-state index is 9.73. The molecular formula is C2H4BBrO. The van der Waals surface area contributed by atoms with Crippen LogP contribution in [0, 0.1) is 0 Å². The summed E-state index contributed by atoms with van der Waals surface area (Å²) in [5.74, 6) is 0. The van der Waals surface area contributed by atoms with Crippen LogP contribution in [-0.2, 0) is 4.79 Å². The third-order valence-corrected chi connectivity index (χ3v) is 0.839. The molecule has 0 atom stereocenters. The van der Waals surface area contributed by atoms with Crippen molar-refractivity contribution in [2.75, 3.05) is 0 Å². The van der Waals surface area contributed by atoms with E-state index in [0.29, 0.717) is 6.32 Å². The fourth-order valence-electron chi connectivity index (χ4n) is 0. The van der Waals surface area contributed by atoms with Crippen molar-refractivity contribution < 1.29 is 4.79 Å². The van der Waals surface area contributed by atoms with Crippen molar-refractivity contribution in [3.05, 3.63) is 0 Å². The molecule has 3 heteroatoms. The number of hydrogen-bond acceptors (Lipinski definition) is 1. The normalized spacial score (nSPS) is 7.40. The first-order chi connectivity index (χ1) is 2.27. The Hall–Kier alpha value is 0.215. The molecule has 0 bridgehead atoms. The molecule has 0 aliphatic heterocycles. The second-order valence-corrected chi connectivity index (χ2v) is 1.59. The third-order valence-electron chi connectivity index (χ3n) is 0.278. The van der Waals surface area contributed by atoms with E-state index >= 15 is 0 Å². The van der Waals surface area contributed by atoms with Crippen LogP contribution in [0.4, 0.5) is 0 Å². The monoisotopic (exact) mass is 134 g/mol. The van der Waals surface area contributed by atoms with Crippen LogP contribution in [0.5, 0.6) is 0 Å². The molecule has 0 aliphatic carbocycles. The van der Waals surface area contributed by atoms with Gasteiger partial charge in [-0.05, 0) is 22.3 Å². The van der Waals surface area contributed by atoms with Crippen LogP contribution < -0.4 is 0 Å². The standard InChI is InChI=1S/C2H4BBrO/c3-1-2(4)5/h1,3H2. The molecular weight excluding hydrogens is 131 g/mol. The van der Waals surface area contributed by atoms with Crippen LogP contribution >= 0.6 is 15.9 Å². The zero-order valence-electron chi connectivity index (χ0n) is 2.99. The van der Waals surface area contributed by atoms with E-state index in [1.165, 1.54) is 0 Å². The molecule has 0 radical (unpaired) electrons. The van der Waals surface area contributed by atoms with E-state index in [4.69, 9.17) is 0 Å². The van der Waals surface area contributed by atoms with Gasteiger partial charge >= 0.3 is 0 Å². The van der Waals surface area contributed by atoms with Crippen molar-refractivity contribution in [2.45, 2.75) is 6.32 Å². The second kappa shape index (κ2) is 2.45. The lowest BCUT2D eigenvalue weighted by Gasteiger charge is -1.68. The average Bonchev–Trinajstić information content (AvgIpc) is 1.38. The van der Waals surface area contributed by atoms with E-state index in [9.17, 15) is 4.79 Å². The van der Waals surface area contributed by atoms with Gasteiger partial charge in [-0.15, -0.1) is 0 Å². The maximum absolute atomic E-state index is 9.73. The summed E-state index contributed by atoms with van der Waals surface area (Å²) in [7, 11) is 1.80. The Kier molecular flexibility index (Phi) is 2.56. The Morgan fingerprint density at radius 1 is 2.00 bits per heavy atom. The number of halogens is 1. The summed E-state index contributed by atoms with van der Waals surface area (Å²) < 4.78 is 0.0671. The van der Waals surface area contributed by atoms with Crippen LogP contribution in [0.3, 0.4) is 0 Å². The van der Waals surface area contributed by atoms with Gasteiger partial charge in [0.2, 0.25) is 0 Å². The van der Waals surface area contributed by atoms with Crippen molar-refractivity contribution >= 4 is 28.5 Å². The second-order valence-electron chi connectivity index (χ2n) is 0.709. The van der Waals surface area contributed by atoms with Crippen LogP contribution in [0.25, 0.3) is 0 Å². The smallest absolute Gasteiger partial charge is 0.190 e. The van der Waals surface area contributed by atoms with Gasteiger partial charge in [-0.1, -0.05) is 0 Å². The Balaban J connectivity index is 2.85. The van der Waals surface area contributed by atoms with E-state index < -0.39 is 0 Å². The van der Waals surface area contributed by atoms with E-state index in [1.54, 1.807) is 7.85 Å².